The van der Waals surface area contributed by atoms with E-state index in [1.807, 2.05) is 5.43 Å². The van der Waals surface area contributed by atoms with Crippen LogP contribution in [0, 0.1) is 5.82 Å². The smallest absolute Gasteiger partial charge is 0.416 e. The van der Waals surface area contributed by atoms with Gasteiger partial charge in [-0.15, -0.1) is 0 Å². The summed E-state index contributed by atoms with van der Waals surface area (Å²) in [6.07, 6.45) is -3.94. The first-order chi connectivity index (χ1) is 18.8. The van der Waals surface area contributed by atoms with E-state index in [9.17, 15) is 30.8 Å². The van der Waals surface area contributed by atoms with Crippen LogP contribution in [0.5, 0.6) is 5.75 Å². The van der Waals surface area contributed by atoms with Gasteiger partial charge in [0.15, 0.2) is 0 Å². The third kappa shape index (κ3) is 6.24. The Morgan fingerprint density at radius 3 is 2.58 bits per heavy atom. The van der Waals surface area contributed by atoms with Gasteiger partial charge < -0.3 is 4.74 Å². The number of allylic oxidation sites excluding steroid dienone is 1. The molecule has 7 nitrogen and oxygen atoms in total. The lowest BCUT2D eigenvalue weighted by Gasteiger charge is -2.35. The maximum absolute atomic E-state index is 14.4. The molecule has 0 aliphatic carbocycles. The van der Waals surface area contributed by atoms with Crippen molar-refractivity contribution in [1.29, 1.82) is 0 Å². The number of carbonyl (C=O) groups is 1. The van der Waals surface area contributed by atoms with E-state index in [0.29, 0.717) is 17.2 Å². The highest BCUT2D eigenvalue weighted by Gasteiger charge is 2.37. The number of nitrogens with two attached hydrogens (primary N) is 1. The summed E-state index contributed by atoms with van der Waals surface area (Å²) < 4.78 is 88.9. The van der Waals surface area contributed by atoms with Crippen LogP contribution < -0.4 is 20.3 Å². The van der Waals surface area contributed by atoms with Gasteiger partial charge in [0.2, 0.25) is 5.91 Å². The topological polar surface area (TPSA) is 102 Å². The predicted molar refractivity (Wildman–Crippen MR) is 143 cm³/mol. The Morgan fingerprint density at radius 1 is 1.18 bits per heavy atom. The van der Waals surface area contributed by atoms with Gasteiger partial charge in [0, 0.05) is 12.0 Å². The molecular weight excluding hydrogens is 574 g/mol. The number of sulfonamides is 1. The minimum Gasteiger partial charge on any atom is -0.486 e. The zero-order valence-electron chi connectivity index (χ0n) is 21.0. The number of hydrogen-bond donors (Lipinski definition) is 2. The van der Waals surface area contributed by atoms with Crippen molar-refractivity contribution in [2.45, 2.75) is 36.9 Å². The molecule has 40 heavy (non-hydrogen) atoms. The van der Waals surface area contributed by atoms with Crippen molar-refractivity contribution in [2.75, 3.05) is 10.8 Å². The minimum absolute atomic E-state index is 0.0677. The molecule has 0 unspecified atom stereocenters. The van der Waals surface area contributed by atoms with Gasteiger partial charge in [-0.2, -0.15) is 13.2 Å². The number of hydrogen-bond acceptors (Lipinski definition) is 5. The summed E-state index contributed by atoms with van der Waals surface area (Å²) in [4.78, 5) is 11.1. The summed E-state index contributed by atoms with van der Waals surface area (Å²) in [5, 5.41) is 0.188. The number of rotatable bonds is 7. The van der Waals surface area contributed by atoms with Crippen LogP contribution in [-0.4, -0.2) is 27.0 Å². The van der Waals surface area contributed by atoms with Crippen LogP contribution in [0.15, 0.2) is 65.6 Å². The first kappa shape index (κ1) is 29.4. The van der Waals surface area contributed by atoms with Crippen molar-refractivity contribution in [2.24, 2.45) is 5.84 Å². The van der Waals surface area contributed by atoms with Gasteiger partial charge in [-0.25, -0.2) is 18.7 Å². The van der Waals surface area contributed by atoms with E-state index in [4.69, 9.17) is 22.2 Å². The van der Waals surface area contributed by atoms with Crippen molar-refractivity contribution < 1.29 is 35.5 Å². The zero-order valence-corrected chi connectivity index (χ0v) is 22.6. The minimum atomic E-state index is -4.75. The molecule has 1 amide bonds. The third-order valence-corrected chi connectivity index (χ3v) is 8.35. The monoisotopic (exact) mass is 597 g/mol. The van der Waals surface area contributed by atoms with Crippen LogP contribution in [0.2, 0.25) is 5.02 Å². The molecule has 212 valence electrons. The van der Waals surface area contributed by atoms with Crippen LogP contribution in [0.3, 0.4) is 0 Å². The highest BCUT2D eigenvalue weighted by atomic mass is 35.5. The van der Waals surface area contributed by atoms with E-state index in [2.05, 4.69) is 0 Å². The third-order valence-electron chi connectivity index (χ3n) is 6.26. The second-order valence-electron chi connectivity index (χ2n) is 9.06. The van der Waals surface area contributed by atoms with Crippen molar-refractivity contribution in [1.82, 2.24) is 5.43 Å². The van der Waals surface area contributed by atoms with Gasteiger partial charge in [-0.1, -0.05) is 35.9 Å². The molecule has 4 rings (SSSR count). The van der Waals surface area contributed by atoms with Crippen LogP contribution in [-0.2, 0) is 21.0 Å². The molecule has 0 fully saturated rings. The van der Waals surface area contributed by atoms with Crippen molar-refractivity contribution in [3.05, 3.63) is 88.2 Å². The highest BCUT2D eigenvalue weighted by molar-refractivity contribution is 7.92. The average Bonchev–Trinajstić information content (AvgIpc) is 2.90. The number of nitrogens with one attached hydrogen (secondary N) is 1. The number of amides is 1. The Balaban J connectivity index is 1.79. The molecule has 0 saturated heterocycles. The summed E-state index contributed by atoms with van der Waals surface area (Å²) in [6, 6.07) is 12.3. The SMILES string of the molecule is C/C(=C\c1ccc2c(c1)N(S(=O)(=O)c1cccc(C(F)(F)F)c1)C[C@H](CCC(=O)NN)O2)c1c(F)cccc1Cl. The van der Waals surface area contributed by atoms with Gasteiger partial charge in [0.25, 0.3) is 10.0 Å². The first-order valence-corrected chi connectivity index (χ1v) is 13.8. The van der Waals surface area contributed by atoms with E-state index in [1.54, 1.807) is 19.1 Å². The van der Waals surface area contributed by atoms with Gasteiger partial charge >= 0.3 is 6.18 Å². The molecule has 1 heterocycles. The molecule has 1 aliphatic rings. The summed E-state index contributed by atoms with van der Waals surface area (Å²) in [6.45, 7) is 1.35. The van der Waals surface area contributed by atoms with Crippen LogP contribution in [0.25, 0.3) is 11.6 Å². The fourth-order valence-corrected chi connectivity index (χ4v) is 6.17. The first-order valence-electron chi connectivity index (χ1n) is 11.9. The van der Waals surface area contributed by atoms with E-state index in [1.165, 1.54) is 30.3 Å². The molecule has 0 spiro atoms. The fraction of sp³-hybridized carbons (Fsp3) is 0.222. The van der Waals surface area contributed by atoms with Crippen molar-refractivity contribution in [3.63, 3.8) is 0 Å². The maximum Gasteiger partial charge on any atom is 0.416 e. The van der Waals surface area contributed by atoms with Crippen LogP contribution in [0.4, 0.5) is 23.2 Å². The molecule has 0 bridgehead atoms. The molecule has 3 aromatic carbocycles. The standard InChI is InChI=1S/C27H24ClF4N3O4S/c1-16(26-21(28)6-3-7-22(26)29)12-17-8-10-24-23(13-17)35(15-19(39-24)9-11-25(36)34-33)40(37,38)20-5-2-4-18(14-20)27(30,31)32/h2-8,10,12-14,19H,9,11,15,33H2,1H3,(H,34,36)/b16-12+/t19-/m0/s1. The predicted octanol–water partition coefficient (Wildman–Crippen LogP) is 5.78. The summed E-state index contributed by atoms with van der Waals surface area (Å²) in [7, 11) is -4.52. The molecule has 0 saturated carbocycles. The van der Waals surface area contributed by atoms with E-state index >= 15 is 0 Å². The van der Waals surface area contributed by atoms with Gasteiger partial charge in [0.05, 0.1) is 27.7 Å². The maximum atomic E-state index is 14.4. The highest BCUT2D eigenvalue weighted by Crippen LogP contribution is 2.40. The number of anilines is 1. The van der Waals surface area contributed by atoms with E-state index < -0.39 is 44.5 Å². The number of hydrazine groups is 1. The number of benzene rings is 3. The number of ether oxygens (including phenoxy) is 1. The van der Waals surface area contributed by atoms with Crippen molar-refractivity contribution in [3.8, 4) is 5.75 Å². The fourth-order valence-electron chi connectivity index (χ4n) is 4.32. The Kier molecular flexibility index (Phi) is 8.43. The summed E-state index contributed by atoms with van der Waals surface area (Å²) >= 11 is 6.18. The van der Waals surface area contributed by atoms with Gasteiger partial charge in [-0.3, -0.25) is 14.5 Å². The number of carbonyl (C=O) groups excluding carboxylic acids is 1. The number of halogens is 5. The summed E-state index contributed by atoms with van der Waals surface area (Å²) in [5.74, 6) is 4.23. The normalized spacial score (nSPS) is 15.8. The van der Waals surface area contributed by atoms with E-state index in [-0.39, 0.29) is 41.4 Å². The number of nitrogens with zero attached hydrogens (tertiary/aromatic N) is 1. The molecule has 1 atom stereocenters. The van der Waals surface area contributed by atoms with Crippen LogP contribution in [0.1, 0.15) is 36.5 Å². The molecule has 0 radical (unpaired) electrons. The van der Waals surface area contributed by atoms with Gasteiger partial charge in [-0.05, 0) is 66.9 Å². The molecular formula is C27H24ClF4N3O4S. The zero-order chi connectivity index (χ0) is 29.2. The largest absolute Gasteiger partial charge is 0.486 e. The lowest BCUT2D eigenvalue weighted by atomic mass is 10.0. The quantitative estimate of drug-likeness (QED) is 0.118. The molecule has 0 aromatic heterocycles. The number of fused-ring (bicyclic) bond motifs is 1. The second kappa shape index (κ2) is 11.5. The number of alkyl halides is 3. The lowest BCUT2D eigenvalue weighted by molar-refractivity contribution is -0.137. The lowest BCUT2D eigenvalue weighted by Crippen LogP contribution is -2.44. The van der Waals surface area contributed by atoms with E-state index in [0.717, 1.165) is 22.5 Å². The van der Waals surface area contributed by atoms with Gasteiger partial charge in [0.1, 0.15) is 17.7 Å². The Bertz CT molecular complexity index is 1560. The van der Waals surface area contributed by atoms with Crippen LogP contribution >= 0.6 is 11.6 Å². The Hall–Kier alpha value is -3.61. The molecule has 13 heteroatoms. The Labute approximate surface area is 233 Å². The second-order valence-corrected chi connectivity index (χ2v) is 11.3. The molecule has 1 aliphatic heterocycles. The summed E-state index contributed by atoms with van der Waals surface area (Å²) in [5.41, 5.74) is 2.02. The average molecular weight is 598 g/mol. The van der Waals surface area contributed by atoms with Crippen molar-refractivity contribution >= 4 is 44.9 Å². The molecule has 3 aromatic rings. The molecule has 3 N–H and O–H groups in total. The Morgan fingerprint density at radius 2 is 1.90 bits per heavy atom.